The van der Waals surface area contributed by atoms with Crippen LogP contribution in [0.3, 0.4) is 0 Å². The summed E-state index contributed by atoms with van der Waals surface area (Å²) in [5, 5.41) is 0. The van der Waals surface area contributed by atoms with Gasteiger partial charge in [0.2, 0.25) is 0 Å². The van der Waals surface area contributed by atoms with Crippen LogP contribution in [0.4, 0.5) is 0 Å². The summed E-state index contributed by atoms with van der Waals surface area (Å²) in [5.41, 5.74) is 0. The predicted molar refractivity (Wildman–Crippen MR) is 144 cm³/mol. The van der Waals surface area contributed by atoms with Gasteiger partial charge in [-0.1, -0.05) is 20.8 Å². The Morgan fingerprint density at radius 2 is 1.39 bits per heavy atom. The van der Waals surface area contributed by atoms with Gasteiger partial charge in [0.1, 0.15) is 0 Å². The number of hydrogen-bond acceptors (Lipinski definition) is 3. The summed E-state index contributed by atoms with van der Waals surface area (Å²) in [6.45, 7) is 21.0. The summed E-state index contributed by atoms with van der Waals surface area (Å²) in [6, 6.07) is 1.40. The van der Waals surface area contributed by atoms with Crippen LogP contribution in [0.15, 0.2) is 0 Å². The van der Waals surface area contributed by atoms with Gasteiger partial charge in [-0.15, -0.1) is 0 Å². The SMILES string of the molecule is CC[Si](=O)CC(O[Si](C)(C)C)(O[Si](C)(C)C)C1CC2CC1C(CC1C3CCC(C3)C1C)C2C. The zero-order valence-corrected chi connectivity index (χ0v) is 26.1. The summed E-state index contributed by atoms with van der Waals surface area (Å²) in [4.78, 5) is 0. The average Bonchev–Trinajstić information content (AvgIpc) is 3.42. The lowest BCUT2D eigenvalue weighted by atomic mass is 9.66. The Morgan fingerprint density at radius 1 is 0.818 bits per heavy atom. The minimum absolute atomic E-state index is 0.427. The van der Waals surface area contributed by atoms with Gasteiger partial charge in [0.25, 0.3) is 8.68 Å². The van der Waals surface area contributed by atoms with E-state index in [4.69, 9.17) is 8.85 Å². The molecule has 0 aromatic carbocycles. The molecule has 0 aromatic rings. The molecule has 6 heteroatoms. The van der Waals surface area contributed by atoms with E-state index >= 15 is 0 Å². The molecule has 33 heavy (non-hydrogen) atoms. The van der Waals surface area contributed by atoms with Gasteiger partial charge in [-0.2, -0.15) is 0 Å². The van der Waals surface area contributed by atoms with Crippen LogP contribution in [0.25, 0.3) is 0 Å². The summed E-state index contributed by atoms with van der Waals surface area (Å²) in [5.74, 6) is 6.81. The summed E-state index contributed by atoms with van der Waals surface area (Å²) >= 11 is 0. The number of rotatable bonds is 10. The van der Waals surface area contributed by atoms with Gasteiger partial charge in [-0.25, -0.2) is 0 Å². The molecule has 9 unspecified atom stereocenters. The molecule has 4 aliphatic carbocycles. The zero-order chi connectivity index (χ0) is 24.3. The third-order valence-corrected chi connectivity index (χ3v) is 13.7. The molecule has 9 atom stereocenters. The van der Waals surface area contributed by atoms with Gasteiger partial charge in [-0.3, -0.25) is 0 Å². The first-order valence-electron chi connectivity index (χ1n) is 14.1. The van der Waals surface area contributed by atoms with Gasteiger partial charge >= 0.3 is 0 Å². The Hall–Kier alpha value is 0.371. The van der Waals surface area contributed by atoms with E-state index in [0.717, 1.165) is 47.5 Å². The molecule has 0 aromatic heterocycles. The van der Waals surface area contributed by atoms with E-state index in [2.05, 4.69) is 60.1 Å². The molecule has 4 bridgehead atoms. The largest absolute Gasteiger partial charge is 0.391 e. The van der Waals surface area contributed by atoms with E-state index in [0.29, 0.717) is 17.9 Å². The van der Waals surface area contributed by atoms with Crippen LogP contribution in [0, 0.1) is 53.3 Å². The van der Waals surface area contributed by atoms with Crippen molar-refractivity contribution in [3.8, 4) is 0 Å². The lowest BCUT2D eigenvalue weighted by molar-refractivity contribution is -0.176. The first kappa shape index (κ1) is 26.4. The lowest BCUT2D eigenvalue weighted by Crippen LogP contribution is -2.57. The third-order valence-electron chi connectivity index (χ3n) is 10.1. The van der Waals surface area contributed by atoms with Gasteiger partial charge < -0.3 is 13.3 Å². The summed E-state index contributed by atoms with van der Waals surface area (Å²) < 4.78 is 27.4. The van der Waals surface area contributed by atoms with Crippen molar-refractivity contribution in [1.29, 1.82) is 0 Å². The number of hydrogen-bond donors (Lipinski definition) is 0. The first-order chi connectivity index (χ1) is 15.2. The van der Waals surface area contributed by atoms with Crippen molar-refractivity contribution in [2.24, 2.45) is 53.3 Å². The Labute approximate surface area is 208 Å². The molecule has 190 valence electrons. The molecule has 0 N–H and O–H groups in total. The molecule has 0 aliphatic heterocycles. The van der Waals surface area contributed by atoms with E-state index in [-0.39, 0.29) is 0 Å². The lowest BCUT2D eigenvalue weighted by Gasteiger charge is -2.51. The highest BCUT2D eigenvalue weighted by atomic mass is 28.4. The Kier molecular flexibility index (Phi) is 7.49. The molecule has 0 radical (unpaired) electrons. The topological polar surface area (TPSA) is 35.5 Å². The maximum Gasteiger partial charge on any atom is 0.281 e. The van der Waals surface area contributed by atoms with E-state index in [1.54, 1.807) is 0 Å². The molecule has 3 nitrogen and oxygen atoms in total. The predicted octanol–water partition coefficient (Wildman–Crippen LogP) is 7.81. The van der Waals surface area contributed by atoms with Crippen LogP contribution in [0.2, 0.25) is 51.4 Å². The van der Waals surface area contributed by atoms with Crippen LogP contribution in [-0.4, -0.2) is 31.1 Å². The fourth-order valence-electron chi connectivity index (χ4n) is 8.88. The van der Waals surface area contributed by atoms with Gasteiger partial charge in [-0.05, 0) is 131 Å². The Morgan fingerprint density at radius 3 is 1.88 bits per heavy atom. The van der Waals surface area contributed by atoms with Crippen LogP contribution in [0.1, 0.15) is 59.3 Å². The minimum Gasteiger partial charge on any atom is -0.391 e. The molecule has 4 rings (SSSR count). The Bertz CT molecular complexity index is 709. The second kappa shape index (κ2) is 9.35. The second-order valence-electron chi connectivity index (χ2n) is 14.4. The van der Waals surface area contributed by atoms with Crippen molar-refractivity contribution in [3.63, 3.8) is 0 Å². The van der Waals surface area contributed by atoms with E-state index < -0.39 is 31.1 Å². The van der Waals surface area contributed by atoms with E-state index in [9.17, 15) is 4.46 Å². The van der Waals surface area contributed by atoms with Crippen LogP contribution < -0.4 is 0 Å². The van der Waals surface area contributed by atoms with Gasteiger partial charge in [0.15, 0.2) is 22.4 Å². The smallest absolute Gasteiger partial charge is 0.281 e. The van der Waals surface area contributed by atoms with Crippen LogP contribution in [-0.2, 0) is 13.3 Å². The maximum atomic E-state index is 13.2. The van der Waals surface area contributed by atoms with Crippen molar-refractivity contribution in [2.45, 2.75) is 116 Å². The molecule has 0 spiro atoms. The van der Waals surface area contributed by atoms with Crippen LogP contribution >= 0.6 is 0 Å². The minimum atomic E-state index is -1.89. The molecule has 4 aliphatic rings. The van der Waals surface area contributed by atoms with Crippen molar-refractivity contribution in [1.82, 2.24) is 0 Å². The molecule has 0 amide bonds. The molecule has 4 fully saturated rings. The highest BCUT2D eigenvalue weighted by Gasteiger charge is 2.61. The quantitative estimate of drug-likeness (QED) is 0.223. The van der Waals surface area contributed by atoms with Crippen molar-refractivity contribution in [3.05, 3.63) is 0 Å². The molecule has 4 saturated carbocycles. The Balaban J connectivity index is 1.64. The molecular weight excluding hydrogens is 457 g/mol. The first-order valence-corrected chi connectivity index (χ1v) is 22.8. The maximum absolute atomic E-state index is 13.2. The molecule has 0 saturated heterocycles. The van der Waals surface area contributed by atoms with Crippen molar-refractivity contribution >= 4 is 25.3 Å². The summed E-state index contributed by atoms with van der Waals surface area (Å²) in [6.07, 6.45) is 8.48. The van der Waals surface area contributed by atoms with Crippen LogP contribution in [0.5, 0.6) is 0 Å². The number of fused-ring (bicyclic) bond motifs is 4. The molecular formula is C27H52O3Si3. The fraction of sp³-hybridized carbons (Fsp3) is 1.00. The van der Waals surface area contributed by atoms with Crippen molar-refractivity contribution in [2.75, 3.05) is 0 Å². The average molecular weight is 509 g/mol. The molecule has 0 heterocycles. The summed E-state index contributed by atoms with van der Waals surface area (Å²) in [7, 11) is -5.48. The van der Waals surface area contributed by atoms with Gasteiger partial charge in [0, 0.05) is 12.0 Å². The van der Waals surface area contributed by atoms with E-state index in [1.165, 1.54) is 38.5 Å². The standard InChI is InChI=1S/C27H52O3Si3/c1-10-31(28)17-27(29-32(4,5)6,30-33(7,8)9)26-15-22-14-25(26)24(19(22)3)16-23-18(2)20-11-12-21(23)13-20/h18-26H,10-17H2,1-9H3. The highest BCUT2D eigenvalue weighted by Crippen LogP contribution is 2.64. The normalized spacial score (nSPS) is 40.7. The van der Waals surface area contributed by atoms with Gasteiger partial charge in [0.05, 0.1) is 0 Å². The zero-order valence-electron chi connectivity index (χ0n) is 23.1. The third kappa shape index (κ3) is 5.40. The second-order valence-corrected chi connectivity index (χ2v) is 25.4. The fourth-order valence-corrected chi connectivity index (χ4v) is 13.1. The van der Waals surface area contributed by atoms with Crippen molar-refractivity contribution < 1.29 is 13.3 Å². The highest BCUT2D eigenvalue weighted by molar-refractivity contribution is 6.71. The monoisotopic (exact) mass is 508 g/mol. The van der Waals surface area contributed by atoms with E-state index in [1.807, 2.05) is 0 Å².